The summed E-state index contributed by atoms with van der Waals surface area (Å²) in [6.07, 6.45) is 5.58. The van der Waals surface area contributed by atoms with E-state index >= 15 is 0 Å². The molecular formula is C17H27N3O2. The van der Waals surface area contributed by atoms with Crippen molar-refractivity contribution < 1.29 is 9.53 Å². The molecular weight excluding hydrogens is 278 g/mol. The first-order valence-electron chi connectivity index (χ1n) is 7.92. The molecule has 0 bridgehead atoms. The van der Waals surface area contributed by atoms with Crippen molar-refractivity contribution in [1.29, 1.82) is 0 Å². The van der Waals surface area contributed by atoms with Crippen molar-refractivity contribution in [1.82, 2.24) is 14.8 Å². The van der Waals surface area contributed by atoms with Crippen molar-refractivity contribution in [2.45, 2.75) is 51.8 Å². The summed E-state index contributed by atoms with van der Waals surface area (Å²) in [5.41, 5.74) is 0.762. The Hall–Kier alpha value is -1.62. The Kier molecular flexibility index (Phi) is 5.40. The van der Waals surface area contributed by atoms with Gasteiger partial charge in [0.05, 0.1) is 0 Å². The molecule has 5 nitrogen and oxygen atoms in total. The zero-order chi connectivity index (χ0) is 16.2. The highest BCUT2D eigenvalue weighted by Gasteiger charge is 2.29. The number of likely N-dealkylation sites (N-methyl/N-ethyl adjacent to an activating group) is 1. The van der Waals surface area contributed by atoms with Crippen molar-refractivity contribution in [3.8, 4) is 0 Å². The third-order valence-electron chi connectivity index (χ3n) is 3.84. The Morgan fingerprint density at radius 2 is 2.27 bits per heavy atom. The first-order chi connectivity index (χ1) is 10.3. The van der Waals surface area contributed by atoms with Crippen LogP contribution in [0.4, 0.5) is 4.79 Å². The van der Waals surface area contributed by atoms with E-state index in [1.165, 1.54) is 5.56 Å². The van der Waals surface area contributed by atoms with Crippen molar-refractivity contribution in [2.24, 2.45) is 0 Å². The Balaban J connectivity index is 1.91. The first kappa shape index (κ1) is 16.7. The fourth-order valence-electron chi connectivity index (χ4n) is 2.72. The minimum Gasteiger partial charge on any atom is -0.444 e. The fourth-order valence-corrected chi connectivity index (χ4v) is 2.72. The lowest BCUT2D eigenvalue weighted by atomic mass is 10.0. The molecule has 0 aromatic carbocycles. The van der Waals surface area contributed by atoms with Gasteiger partial charge >= 0.3 is 6.09 Å². The Morgan fingerprint density at radius 3 is 2.91 bits per heavy atom. The van der Waals surface area contributed by atoms with Gasteiger partial charge in [-0.3, -0.25) is 9.88 Å². The topological polar surface area (TPSA) is 45.7 Å². The SMILES string of the molecule is CN(C(=O)OC(C)(C)C)C1CCCN(Cc2cccnc2)C1. The van der Waals surface area contributed by atoms with Crippen LogP contribution >= 0.6 is 0 Å². The number of hydrogen-bond acceptors (Lipinski definition) is 4. The third kappa shape index (κ3) is 4.98. The maximum Gasteiger partial charge on any atom is 0.410 e. The monoisotopic (exact) mass is 305 g/mol. The summed E-state index contributed by atoms with van der Waals surface area (Å²) in [5.74, 6) is 0. The van der Waals surface area contributed by atoms with Crippen LogP contribution in [-0.4, -0.2) is 52.7 Å². The lowest BCUT2D eigenvalue weighted by molar-refractivity contribution is 0.0130. The standard InChI is InChI=1S/C17H27N3O2/c1-17(2,3)22-16(21)19(4)15-8-6-10-20(13-15)12-14-7-5-9-18-11-14/h5,7,9,11,15H,6,8,10,12-13H2,1-4H3. The molecule has 1 aromatic rings. The highest BCUT2D eigenvalue weighted by atomic mass is 16.6. The van der Waals surface area contributed by atoms with Crippen LogP contribution in [-0.2, 0) is 11.3 Å². The van der Waals surface area contributed by atoms with Crippen LogP contribution < -0.4 is 0 Å². The minimum atomic E-state index is -0.449. The van der Waals surface area contributed by atoms with Crippen LogP contribution in [0.1, 0.15) is 39.2 Å². The average Bonchev–Trinajstić information content (AvgIpc) is 2.46. The second kappa shape index (κ2) is 7.09. The van der Waals surface area contributed by atoms with Gasteiger partial charge in [-0.05, 0) is 51.8 Å². The molecule has 1 aliphatic rings. The molecule has 2 rings (SSSR count). The number of piperidine rings is 1. The first-order valence-corrected chi connectivity index (χ1v) is 7.92. The van der Waals surface area contributed by atoms with E-state index in [1.807, 2.05) is 40.1 Å². The van der Waals surface area contributed by atoms with E-state index in [1.54, 1.807) is 11.1 Å². The smallest absolute Gasteiger partial charge is 0.410 e. The predicted molar refractivity (Wildman–Crippen MR) is 86.5 cm³/mol. The minimum absolute atomic E-state index is 0.209. The second-order valence-electron chi connectivity index (χ2n) is 6.98. The summed E-state index contributed by atoms with van der Waals surface area (Å²) in [4.78, 5) is 20.5. The van der Waals surface area contributed by atoms with Gasteiger partial charge in [0.2, 0.25) is 0 Å². The van der Waals surface area contributed by atoms with E-state index in [0.717, 1.165) is 32.5 Å². The molecule has 122 valence electrons. The summed E-state index contributed by atoms with van der Waals surface area (Å²) in [6, 6.07) is 4.26. The number of hydrogen-bond donors (Lipinski definition) is 0. The van der Waals surface area contributed by atoms with Crippen LogP contribution in [0.25, 0.3) is 0 Å². The summed E-state index contributed by atoms with van der Waals surface area (Å²) >= 11 is 0. The zero-order valence-electron chi connectivity index (χ0n) is 14.1. The van der Waals surface area contributed by atoms with Gasteiger partial charge in [0, 0.05) is 38.6 Å². The van der Waals surface area contributed by atoms with Gasteiger partial charge in [0.25, 0.3) is 0 Å². The summed E-state index contributed by atoms with van der Waals surface area (Å²) in [5, 5.41) is 0. The molecule has 0 spiro atoms. The molecule has 1 unspecified atom stereocenters. The lowest BCUT2D eigenvalue weighted by Crippen LogP contribution is -2.49. The average molecular weight is 305 g/mol. The van der Waals surface area contributed by atoms with Crippen LogP contribution in [0.2, 0.25) is 0 Å². The quantitative estimate of drug-likeness (QED) is 0.861. The Morgan fingerprint density at radius 1 is 1.50 bits per heavy atom. The molecule has 1 saturated heterocycles. The van der Waals surface area contributed by atoms with Gasteiger partial charge < -0.3 is 9.64 Å². The second-order valence-corrected chi connectivity index (χ2v) is 6.98. The summed E-state index contributed by atoms with van der Waals surface area (Å²) in [7, 11) is 1.84. The third-order valence-corrected chi connectivity index (χ3v) is 3.84. The number of likely N-dealkylation sites (tertiary alicyclic amines) is 1. The van der Waals surface area contributed by atoms with Gasteiger partial charge in [-0.25, -0.2) is 4.79 Å². The number of carbonyl (C=O) groups is 1. The van der Waals surface area contributed by atoms with Crippen LogP contribution in [0.15, 0.2) is 24.5 Å². The van der Waals surface area contributed by atoms with Gasteiger partial charge in [-0.2, -0.15) is 0 Å². The number of aromatic nitrogens is 1. The molecule has 1 aliphatic heterocycles. The Bertz CT molecular complexity index is 484. The van der Waals surface area contributed by atoms with Gasteiger partial charge in [-0.1, -0.05) is 6.07 Å². The molecule has 1 aromatic heterocycles. The zero-order valence-corrected chi connectivity index (χ0v) is 14.1. The van der Waals surface area contributed by atoms with Crippen molar-refractivity contribution in [3.05, 3.63) is 30.1 Å². The molecule has 0 radical (unpaired) electrons. The van der Waals surface area contributed by atoms with E-state index in [2.05, 4.69) is 16.0 Å². The van der Waals surface area contributed by atoms with Crippen molar-refractivity contribution >= 4 is 6.09 Å². The van der Waals surface area contributed by atoms with E-state index < -0.39 is 5.60 Å². The molecule has 5 heteroatoms. The van der Waals surface area contributed by atoms with Gasteiger partial charge in [0.15, 0.2) is 0 Å². The van der Waals surface area contributed by atoms with Crippen molar-refractivity contribution in [3.63, 3.8) is 0 Å². The summed E-state index contributed by atoms with van der Waals surface area (Å²) < 4.78 is 5.46. The number of carbonyl (C=O) groups excluding carboxylic acids is 1. The summed E-state index contributed by atoms with van der Waals surface area (Å²) in [6.45, 7) is 8.52. The molecule has 2 heterocycles. The van der Waals surface area contributed by atoms with Crippen LogP contribution in [0, 0.1) is 0 Å². The number of nitrogens with zero attached hydrogens (tertiary/aromatic N) is 3. The Labute approximate surface area is 133 Å². The molecule has 0 aliphatic carbocycles. The highest BCUT2D eigenvalue weighted by Crippen LogP contribution is 2.19. The predicted octanol–water partition coefficient (Wildman–Crippen LogP) is 2.91. The molecule has 0 N–H and O–H groups in total. The molecule has 22 heavy (non-hydrogen) atoms. The van der Waals surface area contributed by atoms with E-state index in [9.17, 15) is 4.79 Å². The molecule has 0 saturated carbocycles. The number of pyridine rings is 1. The van der Waals surface area contributed by atoms with Gasteiger partial charge in [0.1, 0.15) is 5.60 Å². The largest absolute Gasteiger partial charge is 0.444 e. The number of amides is 1. The normalized spacial score (nSPS) is 19.7. The van der Waals surface area contributed by atoms with Crippen molar-refractivity contribution in [2.75, 3.05) is 20.1 Å². The molecule has 1 amide bonds. The van der Waals surface area contributed by atoms with E-state index in [0.29, 0.717) is 0 Å². The van der Waals surface area contributed by atoms with Gasteiger partial charge in [-0.15, -0.1) is 0 Å². The maximum absolute atomic E-state index is 12.2. The van der Waals surface area contributed by atoms with E-state index in [-0.39, 0.29) is 12.1 Å². The van der Waals surface area contributed by atoms with Crippen LogP contribution in [0.5, 0.6) is 0 Å². The lowest BCUT2D eigenvalue weighted by Gasteiger charge is -2.38. The molecule has 1 fully saturated rings. The maximum atomic E-state index is 12.2. The highest BCUT2D eigenvalue weighted by molar-refractivity contribution is 5.68. The fraction of sp³-hybridized carbons (Fsp3) is 0.647. The molecule has 1 atom stereocenters. The van der Waals surface area contributed by atoms with Crippen LogP contribution in [0.3, 0.4) is 0 Å². The number of rotatable bonds is 3. The number of ether oxygens (including phenoxy) is 1. The van der Waals surface area contributed by atoms with E-state index in [4.69, 9.17) is 4.74 Å².